The second-order valence-corrected chi connectivity index (χ2v) is 9.61. The number of piperazine rings is 1. The van der Waals surface area contributed by atoms with Crippen LogP contribution in [-0.4, -0.2) is 69.2 Å². The zero-order valence-corrected chi connectivity index (χ0v) is 19.2. The summed E-state index contributed by atoms with van der Waals surface area (Å²) >= 11 is 0. The topological polar surface area (TPSA) is 70.2 Å². The van der Waals surface area contributed by atoms with Crippen LogP contribution in [-0.2, 0) is 21.4 Å². The molecule has 0 bridgehead atoms. The molecule has 1 heterocycles. The third-order valence-corrected chi connectivity index (χ3v) is 6.64. The maximum atomic E-state index is 13.2. The molecule has 2 aromatic rings. The van der Waals surface area contributed by atoms with Crippen LogP contribution in [0.4, 0.5) is 5.69 Å². The van der Waals surface area contributed by atoms with Crippen LogP contribution < -0.4 is 9.04 Å². The summed E-state index contributed by atoms with van der Waals surface area (Å²) in [6.07, 6.45) is 1.13. The summed E-state index contributed by atoms with van der Waals surface area (Å²) in [5.41, 5.74) is 1.70. The highest BCUT2D eigenvalue weighted by atomic mass is 32.2. The van der Waals surface area contributed by atoms with E-state index in [0.29, 0.717) is 31.1 Å². The zero-order valence-electron chi connectivity index (χ0n) is 18.4. The molecule has 2 aromatic carbocycles. The van der Waals surface area contributed by atoms with E-state index in [1.807, 2.05) is 25.1 Å². The molecule has 31 heavy (non-hydrogen) atoms. The van der Waals surface area contributed by atoms with Crippen molar-refractivity contribution in [2.45, 2.75) is 26.4 Å². The number of carbonyl (C=O) groups is 1. The van der Waals surface area contributed by atoms with E-state index in [9.17, 15) is 13.2 Å². The fraction of sp³-hybridized carbons (Fsp3) is 0.435. The Morgan fingerprint density at radius 2 is 1.65 bits per heavy atom. The monoisotopic (exact) mass is 445 g/mol. The van der Waals surface area contributed by atoms with Gasteiger partial charge in [0.05, 0.1) is 18.6 Å². The van der Waals surface area contributed by atoms with Gasteiger partial charge in [0.15, 0.2) is 0 Å². The van der Waals surface area contributed by atoms with Crippen molar-refractivity contribution in [1.29, 1.82) is 0 Å². The van der Waals surface area contributed by atoms with Crippen molar-refractivity contribution < 1.29 is 17.9 Å². The normalized spacial score (nSPS) is 16.0. The lowest BCUT2D eigenvalue weighted by atomic mass is 10.2. The van der Waals surface area contributed by atoms with Crippen molar-refractivity contribution in [2.24, 2.45) is 0 Å². The van der Waals surface area contributed by atoms with E-state index in [2.05, 4.69) is 17.0 Å². The quantitative estimate of drug-likeness (QED) is 0.625. The van der Waals surface area contributed by atoms with Crippen molar-refractivity contribution in [2.75, 3.05) is 43.3 Å². The SMILES string of the molecule is CCOc1ccc(N(C(C)C(=O)N2CCN(Cc3ccccc3)CC2)S(C)(=O)=O)cc1. The minimum Gasteiger partial charge on any atom is -0.494 e. The second-order valence-electron chi connectivity index (χ2n) is 7.75. The van der Waals surface area contributed by atoms with E-state index in [1.54, 1.807) is 36.1 Å². The number of hydrogen-bond donors (Lipinski definition) is 0. The average Bonchev–Trinajstić information content (AvgIpc) is 2.75. The molecule has 1 saturated heterocycles. The predicted octanol–water partition coefficient (Wildman–Crippen LogP) is 2.58. The van der Waals surface area contributed by atoms with Crippen LogP contribution in [0.15, 0.2) is 54.6 Å². The first-order valence-electron chi connectivity index (χ1n) is 10.6. The molecule has 0 aliphatic carbocycles. The average molecular weight is 446 g/mol. The Hall–Kier alpha value is -2.58. The van der Waals surface area contributed by atoms with Crippen LogP contribution in [0.2, 0.25) is 0 Å². The number of carbonyl (C=O) groups excluding carboxylic acids is 1. The van der Waals surface area contributed by atoms with Gasteiger partial charge in [0, 0.05) is 32.7 Å². The molecular formula is C23H31N3O4S. The van der Waals surface area contributed by atoms with Gasteiger partial charge in [0.25, 0.3) is 0 Å². The Balaban J connectivity index is 1.66. The summed E-state index contributed by atoms with van der Waals surface area (Å²) in [5, 5.41) is 0. The maximum Gasteiger partial charge on any atom is 0.246 e. The first kappa shape index (κ1) is 23.1. The summed E-state index contributed by atoms with van der Waals surface area (Å²) in [6, 6.07) is 16.2. The molecule has 1 fully saturated rings. The lowest BCUT2D eigenvalue weighted by Crippen LogP contribution is -2.55. The van der Waals surface area contributed by atoms with Crippen molar-refractivity contribution in [3.05, 3.63) is 60.2 Å². The largest absolute Gasteiger partial charge is 0.494 e. The van der Waals surface area contributed by atoms with Crippen LogP contribution in [0, 0.1) is 0 Å². The number of hydrogen-bond acceptors (Lipinski definition) is 5. The zero-order chi connectivity index (χ0) is 22.4. The van der Waals surface area contributed by atoms with Crippen LogP contribution in [0.25, 0.3) is 0 Å². The Bertz CT molecular complexity index is 956. The Labute approximate surface area is 185 Å². The number of amides is 1. The highest BCUT2D eigenvalue weighted by Gasteiger charge is 2.33. The van der Waals surface area contributed by atoms with E-state index < -0.39 is 16.1 Å². The minimum atomic E-state index is -3.64. The summed E-state index contributed by atoms with van der Waals surface area (Å²) in [5.74, 6) is 0.479. The number of sulfonamides is 1. The van der Waals surface area contributed by atoms with Crippen molar-refractivity contribution in [3.63, 3.8) is 0 Å². The fourth-order valence-electron chi connectivity index (χ4n) is 3.89. The molecule has 0 spiro atoms. The van der Waals surface area contributed by atoms with E-state index in [1.165, 1.54) is 9.87 Å². The Morgan fingerprint density at radius 1 is 1.03 bits per heavy atom. The molecule has 1 amide bonds. The lowest BCUT2D eigenvalue weighted by molar-refractivity contribution is -0.133. The summed E-state index contributed by atoms with van der Waals surface area (Å²) < 4.78 is 31.7. The number of nitrogens with zero attached hydrogens (tertiary/aromatic N) is 3. The van der Waals surface area contributed by atoms with Crippen molar-refractivity contribution in [3.8, 4) is 5.75 Å². The maximum absolute atomic E-state index is 13.2. The number of anilines is 1. The molecule has 1 unspecified atom stereocenters. The molecule has 1 atom stereocenters. The highest BCUT2D eigenvalue weighted by molar-refractivity contribution is 7.92. The van der Waals surface area contributed by atoms with Crippen LogP contribution in [0.3, 0.4) is 0 Å². The van der Waals surface area contributed by atoms with Crippen molar-refractivity contribution >= 4 is 21.6 Å². The smallest absolute Gasteiger partial charge is 0.246 e. The summed E-state index contributed by atoms with van der Waals surface area (Å²) in [7, 11) is -3.64. The fourth-order valence-corrected chi connectivity index (χ4v) is 5.06. The van der Waals surface area contributed by atoms with Gasteiger partial charge in [-0.1, -0.05) is 30.3 Å². The van der Waals surface area contributed by atoms with Crippen molar-refractivity contribution in [1.82, 2.24) is 9.80 Å². The summed E-state index contributed by atoms with van der Waals surface area (Å²) in [4.78, 5) is 17.2. The van der Waals surface area contributed by atoms with Gasteiger partial charge in [-0.15, -0.1) is 0 Å². The van der Waals surface area contributed by atoms with E-state index in [4.69, 9.17) is 4.74 Å². The Morgan fingerprint density at radius 3 is 2.19 bits per heavy atom. The van der Waals surface area contributed by atoms with Gasteiger partial charge in [-0.25, -0.2) is 8.42 Å². The Kier molecular flexibility index (Phi) is 7.56. The van der Waals surface area contributed by atoms with Gasteiger partial charge in [0.2, 0.25) is 15.9 Å². The standard InChI is InChI=1S/C23H31N3O4S/c1-4-30-22-12-10-21(11-13-22)26(31(3,28)29)19(2)23(27)25-16-14-24(15-17-25)18-20-8-6-5-7-9-20/h5-13,19H,4,14-18H2,1-3H3. The van der Waals surface area contributed by atoms with Gasteiger partial charge < -0.3 is 9.64 Å². The predicted molar refractivity (Wildman–Crippen MR) is 123 cm³/mol. The molecule has 7 nitrogen and oxygen atoms in total. The van der Waals surface area contributed by atoms with Gasteiger partial charge in [-0.05, 0) is 43.7 Å². The molecule has 8 heteroatoms. The highest BCUT2D eigenvalue weighted by Crippen LogP contribution is 2.25. The second kappa shape index (κ2) is 10.2. The minimum absolute atomic E-state index is 0.182. The first-order valence-corrected chi connectivity index (χ1v) is 12.4. The number of benzene rings is 2. The number of ether oxygens (including phenoxy) is 1. The molecule has 0 aromatic heterocycles. The molecule has 0 N–H and O–H groups in total. The van der Waals surface area contributed by atoms with Crippen LogP contribution >= 0.6 is 0 Å². The van der Waals surface area contributed by atoms with E-state index in [-0.39, 0.29) is 5.91 Å². The van der Waals surface area contributed by atoms with E-state index in [0.717, 1.165) is 25.9 Å². The van der Waals surface area contributed by atoms with E-state index >= 15 is 0 Å². The van der Waals surface area contributed by atoms with Gasteiger partial charge in [0.1, 0.15) is 11.8 Å². The molecule has 168 valence electrons. The van der Waals surface area contributed by atoms with Crippen LogP contribution in [0.1, 0.15) is 19.4 Å². The molecular weight excluding hydrogens is 414 g/mol. The molecule has 1 aliphatic rings. The molecule has 1 aliphatic heterocycles. The lowest BCUT2D eigenvalue weighted by Gasteiger charge is -2.38. The van der Waals surface area contributed by atoms with Crippen LogP contribution in [0.5, 0.6) is 5.75 Å². The number of rotatable bonds is 8. The van der Waals surface area contributed by atoms with Gasteiger partial charge >= 0.3 is 0 Å². The third-order valence-electron chi connectivity index (χ3n) is 5.40. The molecule has 0 radical (unpaired) electrons. The molecule has 0 saturated carbocycles. The van der Waals surface area contributed by atoms with Gasteiger partial charge in [-0.3, -0.25) is 14.0 Å². The van der Waals surface area contributed by atoms with Gasteiger partial charge in [-0.2, -0.15) is 0 Å². The first-order chi connectivity index (χ1) is 14.8. The summed E-state index contributed by atoms with van der Waals surface area (Å²) in [6.45, 7) is 7.59. The third kappa shape index (κ3) is 5.98. The molecule has 3 rings (SSSR count).